The first-order chi connectivity index (χ1) is 17.8. The van der Waals surface area contributed by atoms with Crippen LogP contribution in [0.5, 0.6) is 0 Å². The highest BCUT2D eigenvalue weighted by atomic mass is 32.1. The van der Waals surface area contributed by atoms with Gasteiger partial charge in [0.15, 0.2) is 0 Å². The molecule has 37 heavy (non-hydrogen) atoms. The van der Waals surface area contributed by atoms with Crippen molar-refractivity contribution in [3.05, 3.63) is 54.7 Å². The number of carbonyl (C=O) groups excluding carboxylic acids is 4. The molecule has 0 saturated carbocycles. The van der Waals surface area contributed by atoms with Crippen molar-refractivity contribution >= 4 is 36.3 Å². The van der Waals surface area contributed by atoms with Gasteiger partial charge in [0.25, 0.3) is 0 Å². The predicted octanol–water partition coefficient (Wildman–Crippen LogP) is -2.92. The van der Waals surface area contributed by atoms with E-state index >= 15 is 0 Å². The van der Waals surface area contributed by atoms with Gasteiger partial charge in [-0.1, -0.05) is 0 Å². The summed E-state index contributed by atoms with van der Waals surface area (Å²) in [6.45, 7) is 0. The summed E-state index contributed by atoms with van der Waals surface area (Å²) in [5.74, 6) is -2.64. The number of carbonyl (C=O) groups is 4. The number of aromatic nitrogens is 6. The number of nitrogens with zero attached hydrogens (tertiary/aromatic N) is 3. The molecular formula is C21H29N11O4S. The van der Waals surface area contributed by atoms with Gasteiger partial charge in [-0.15, -0.1) is 0 Å². The van der Waals surface area contributed by atoms with Crippen LogP contribution in [0.15, 0.2) is 37.6 Å². The van der Waals surface area contributed by atoms with Gasteiger partial charge >= 0.3 is 0 Å². The SMILES string of the molecule is NC(=O)[C@H](Cc1c[nH]cn1)NC(=O)[C@H](Cc1c[nH]cn1)NC(=O)[C@H](Cc1c[nH]cn1)NC(=O)[C@@H](N)CS. The Hall–Kier alpha value is -4.18. The summed E-state index contributed by atoms with van der Waals surface area (Å²) in [6.07, 6.45) is 9.08. The van der Waals surface area contributed by atoms with Crippen molar-refractivity contribution in [1.82, 2.24) is 45.9 Å². The molecular weight excluding hydrogens is 502 g/mol. The number of H-pyrrole nitrogens is 3. The Morgan fingerprint density at radius 3 is 1.46 bits per heavy atom. The van der Waals surface area contributed by atoms with Gasteiger partial charge in [-0.05, 0) is 0 Å². The van der Waals surface area contributed by atoms with E-state index in [1.807, 2.05) is 0 Å². The number of amides is 4. The van der Waals surface area contributed by atoms with Crippen molar-refractivity contribution in [2.45, 2.75) is 43.4 Å². The zero-order valence-electron chi connectivity index (χ0n) is 19.7. The first-order valence-electron chi connectivity index (χ1n) is 11.3. The summed E-state index contributed by atoms with van der Waals surface area (Å²) >= 11 is 4.02. The Kier molecular flexibility index (Phi) is 9.79. The van der Waals surface area contributed by atoms with Gasteiger partial charge in [-0.2, -0.15) is 12.6 Å². The number of primary amides is 1. The van der Waals surface area contributed by atoms with Crippen LogP contribution in [-0.4, -0.2) is 83.5 Å². The molecule has 3 aromatic heterocycles. The maximum absolute atomic E-state index is 13.3. The van der Waals surface area contributed by atoms with Crippen LogP contribution >= 0.6 is 12.6 Å². The van der Waals surface area contributed by atoms with E-state index in [-0.39, 0.29) is 25.0 Å². The third kappa shape index (κ3) is 8.18. The molecule has 0 aliphatic carbocycles. The quantitative estimate of drug-likeness (QED) is 0.0973. The number of nitrogens with one attached hydrogen (secondary N) is 6. The van der Waals surface area contributed by atoms with E-state index in [0.29, 0.717) is 17.1 Å². The zero-order chi connectivity index (χ0) is 26.8. The van der Waals surface area contributed by atoms with Gasteiger partial charge in [0.05, 0.1) is 42.1 Å². The molecule has 0 aromatic carbocycles. The van der Waals surface area contributed by atoms with Gasteiger partial charge in [-0.3, -0.25) is 19.2 Å². The minimum Gasteiger partial charge on any atom is -0.368 e. The molecule has 3 heterocycles. The first-order valence-corrected chi connectivity index (χ1v) is 11.9. The Morgan fingerprint density at radius 1 is 0.730 bits per heavy atom. The fourth-order valence-electron chi connectivity index (χ4n) is 3.38. The largest absolute Gasteiger partial charge is 0.368 e. The third-order valence-corrected chi connectivity index (χ3v) is 5.76. The van der Waals surface area contributed by atoms with Gasteiger partial charge in [0.2, 0.25) is 23.6 Å². The van der Waals surface area contributed by atoms with E-state index < -0.39 is 47.8 Å². The summed E-state index contributed by atoms with van der Waals surface area (Å²) in [4.78, 5) is 71.5. The van der Waals surface area contributed by atoms with Gasteiger partial charge in [0, 0.05) is 43.6 Å². The second kappa shape index (κ2) is 13.2. The lowest BCUT2D eigenvalue weighted by Gasteiger charge is -2.24. The molecule has 0 spiro atoms. The summed E-state index contributed by atoms with van der Waals surface area (Å²) in [5, 5.41) is 7.79. The van der Waals surface area contributed by atoms with E-state index in [9.17, 15) is 19.2 Å². The topological polar surface area (TPSA) is 242 Å². The van der Waals surface area contributed by atoms with Crippen LogP contribution in [0.25, 0.3) is 0 Å². The Morgan fingerprint density at radius 2 is 1.11 bits per heavy atom. The fourth-order valence-corrected chi connectivity index (χ4v) is 3.55. The van der Waals surface area contributed by atoms with E-state index in [1.165, 1.54) is 19.0 Å². The molecule has 0 aliphatic heterocycles. The summed E-state index contributed by atoms with van der Waals surface area (Å²) in [5.41, 5.74) is 12.7. The van der Waals surface area contributed by atoms with Gasteiger partial charge in [-0.25, -0.2) is 15.0 Å². The highest BCUT2D eigenvalue weighted by Crippen LogP contribution is 2.05. The Labute approximate surface area is 216 Å². The number of rotatable bonds is 14. The number of imidazole rings is 3. The number of hydrogen-bond donors (Lipinski definition) is 9. The van der Waals surface area contributed by atoms with Crippen LogP contribution in [0.1, 0.15) is 17.1 Å². The molecule has 4 atom stereocenters. The van der Waals surface area contributed by atoms with Crippen LogP contribution in [-0.2, 0) is 38.4 Å². The molecule has 16 heteroatoms. The van der Waals surface area contributed by atoms with E-state index in [0.717, 1.165) is 0 Å². The van der Waals surface area contributed by atoms with E-state index in [4.69, 9.17) is 11.5 Å². The third-order valence-electron chi connectivity index (χ3n) is 5.36. The van der Waals surface area contributed by atoms with E-state index in [2.05, 4.69) is 58.5 Å². The molecule has 0 radical (unpaired) electrons. The van der Waals surface area contributed by atoms with Crippen LogP contribution in [0.2, 0.25) is 0 Å². The molecule has 0 saturated heterocycles. The molecule has 3 rings (SSSR count). The molecule has 0 aliphatic rings. The van der Waals surface area contributed by atoms with E-state index in [1.54, 1.807) is 18.6 Å². The van der Waals surface area contributed by atoms with Crippen molar-refractivity contribution in [3.63, 3.8) is 0 Å². The van der Waals surface area contributed by atoms with Crippen molar-refractivity contribution < 1.29 is 19.2 Å². The minimum absolute atomic E-state index is 0.00577. The number of aromatic amines is 3. The Bertz CT molecular complexity index is 1150. The zero-order valence-corrected chi connectivity index (χ0v) is 20.6. The van der Waals surface area contributed by atoms with Crippen LogP contribution in [0, 0.1) is 0 Å². The minimum atomic E-state index is -1.16. The van der Waals surface area contributed by atoms with Crippen LogP contribution in [0.3, 0.4) is 0 Å². The second-order valence-electron chi connectivity index (χ2n) is 8.17. The average molecular weight is 532 g/mol. The highest BCUT2D eigenvalue weighted by molar-refractivity contribution is 7.80. The lowest BCUT2D eigenvalue weighted by atomic mass is 10.1. The standard InChI is InChI=1S/C21H29N11O4S/c22-14(7-37)19(34)31-16(2-12-5-25-9-28-12)21(36)32-17(3-13-6-26-10-29-13)20(35)30-15(18(23)33)1-11-4-24-8-27-11/h4-6,8-10,14-17,37H,1-3,7,22H2,(H2,23,33)(H,24,27)(H,25,28)(H,26,29)(H,30,35)(H,31,34)(H,32,36)/t14-,15-,16-,17-/m0/s1. The molecule has 198 valence electrons. The molecule has 4 amide bonds. The van der Waals surface area contributed by atoms with Gasteiger partial charge in [0.1, 0.15) is 18.1 Å². The van der Waals surface area contributed by atoms with Crippen LogP contribution in [0.4, 0.5) is 0 Å². The maximum Gasteiger partial charge on any atom is 0.243 e. The number of thiol groups is 1. The van der Waals surface area contributed by atoms with Crippen molar-refractivity contribution in [1.29, 1.82) is 0 Å². The van der Waals surface area contributed by atoms with Crippen molar-refractivity contribution in [2.24, 2.45) is 11.5 Å². The normalized spacial score (nSPS) is 14.2. The summed E-state index contributed by atoms with van der Waals surface area (Å²) in [7, 11) is 0. The maximum atomic E-state index is 13.3. The molecule has 3 aromatic rings. The molecule has 10 N–H and O–H groups in total. The first kappa shape index (κ1) is 27.4. The average Bonchev–Trinajstić information content (AvgIpc) is 3.66. The number of hydrogen-bond acceptors (Lipinski definition) is 9. The summed E-state index contributed by atoms with van der Waals surface area (Å²) < 4.78 is 0. The smallest absolute Gasteiger partial charge is 0.243 e. The number of nitrogens with two attached hydrogens (primary N) is 2. The Balaban J connectivity index is 1.78. The second-order valence-corrected chi connectivity index (χ2v) is 8.53. The fraction of sp³-hybridized carbons (Fsp3) is 0.381. The molecule has 0 bridgehead atoms. The monoisotopic (exact) mass is 531 g/mol. The highest BCUT2D eigenvalue weighted by Gasteiger charge is 2.31. The lowest BCUT2D eigenvalue weighted by molar-refractivity contribution is -0.133. The molecule has 0 unspecified atom stereocenters. The van der Waals surface area contributed by atoms with Crippen LogP contribution < -0.4 is 27.4 Å². The van der Waals surface area contributed by atoms with Crippen molar-refractivity contribution in [2.75, 3.05) is 5.75 Å². The lowest BCUT2D eigenvalue weighted by Crippen LogP contribution is -2.59. The summed E-state index contributed by atoms with van der Waals surface area (Å²) in [6, 6.07) is -4.29. The molecule has 15 nitrogen and oxygen atoms in total. The molecule has 0 fully saturated rings. The van der Waals surface area contributed by atoms with Gasteiger partial charge < -0.3 is 42.4 Å². The van der Waals surface area contributed by atoms with Crippen molar-refractivity contribution in [3.8, 4) is 0 Å². The predicted molar refractivity (Wildman–Crippen MR) is 134 cm³/mol.